The molecule has 9 heteroatoms. The van der Waals surface area contributed by atoms with E-state index in [1.165, 1.54) is 6.26 Å². The summed E-state index contributed by atoms with van der Waals surface area (Å²) in [4.78, 5) is 31.1. The highest BCUT2D eigenvalue weighted by molar-refractivity contribution is 6.30. The largest absolute Gasteiger partial charge is 0.459 e. The molecule has 0 spiro atoms. The summed E-state index contributed by atoms with van der Waals surface area (Å²) in [5, 5.41) is 3.48. The Balaban J connectivity index is 1.27. The lowest BCUT2D eigenvalue weighted by molar-refractivity contribution is -0.0283. The lowest BCUT2D eigenvalue weighted by Gasteiger charge is -2.35. The van der Waals surface area contributed by atoms with Gasteiger partial charge in [0, 0.05) is 50.0 Å². The predicted molar refractivity (Wildman–Crippen MR) is 117 cm³/mol. The van der Waals surface area contributed by atoms with Crippen molar-refractivity contribution in [1.29, 1.82) is 0 Å². The Morgan fingerprint density at radius 3 is 2.77 bits per heavy atom. The summed E-state index contributed by atoms with van der Waals surface area (Å²) < 4.78 is 11.2. The Morgan fingerprint density at radius 1 is 1.06 bits per heavy atom. The Morgan fingerprint density at radius 2 is 1.97 bits per heavy atom. The van der Waals surface area contributed by atoms with Gasteiger partial charge in [-0.15, -0.1) is 0 Å². The third-order valence-electron chi connectivity index (χ3n) is 5.57. The fraction of sp³-hybridized carbons (Fsp3) is 0.455. The van der Waals surface area contributed by atoms with Crippen LogP contribution in [-0.4, -0.2) is 85.2 Å². The number of urea groups is 1. The molecule has 0 aliphatic carbocycles. The van der Waals surface area contributed by atoms with Crippen LogP contribution in [0.15, 0.2) is 47.1 Å². The number of benzene rings is 1. The Bertz CT molecular complexity index is 891. The van der Waals surface area contributed by atoms with Crippen LogP contribution < -0.4 is 5.32 Å². The highest BCUT2D eigenvalue weighted by Crippen LogP contribution is 2.17. The van der Waals surface area contributed by atoms with Crippen molar-refractivity contribution in [3.63, 3.8) is 0 Å². The van der Waals surface area contributed by atoms with Crippen molar-refractivity contribution in [2.45, 2.75) is 12.5 Å². The normalized spacial score (nSPS) is 20.4. The van der Waals surface area contributed by atoms with Crippen molar-refractivity contribution in [3.05, 3.63) is 53.4 Å². The van der Waals surface area contributed by atoms with Gasteiger partial charge in [-0.2, -0.15) is 0 Å². The molecule has 3 amide bonds. The molecular weight excluding hydrogens is 420 g/mol. The molecular formula is C22H27ClN4O4. The molecule has 1 unspecified atom stereocenters. The van der Waals surface area contributed by atoms with Gasteiger partial charge in [0.2, 0.25) is 0 Å². The topological polar surface area (TPSA) is 78.3 Å². The first-order chi connectivity index (χ1) is 15.1. The molecule has 4 rings (SSSR count). The molecule has 3 heterocycles. The average molecular weight is 447 g/mol. The molecule has 8 nitrogen and oxygen atoms in total. The van der Waals surface area contributed by atoms with Crippen molar-refractivity contribution in [2.75, 3.05) is 57.7 Å². The van der Waals surface area contributed by atoms with Crippen LogP contribution in [0.25, 0.3) is 0 Å². The molecule has 0 radical (unpaired) electrons. The van der Waals surface area contributed by atoms with E-state index in [2.05, 4.69) is 10.2 Å². The minimum absolute atomic E-state index is 0.0637. The molecule has 0 bridgehead atoms. The second kappa shape index (κ2) is 10.2. The van der Waals surface area contributed by atoms with Gasteiger partial charge in [-0.25, -0.2) is 4.79 Å². The summed E-state index contributed by atoms with van der Waals surface area (Å²) in [6, 6.07) is 10.4. The van der Waals surface area contributed by atoms with Gasteiger partial charge in [0.25, 0.3) is 5.91 Å². The van der Waals surface area contributed by atoms with Crippen molar-refractivity contribution in [1.82, 2.24) is 14.7 Å². The number of morpholine rings is 1. The molecule has 1 N–H and O–H groups in total. The third-order valence-corrected chi connectivity index (χ3v) is 5.81. The van der Waals surface area contributed by atoms with E-state index in [1.807, 2.05) is 11.0 Å². The van der Waals surface area contributed by atoms with Crippen LogP contribution in [0.5, 0.6) is 0 Å². The number of anilines is 1. The SMILES string of the molecule is O=C(Nc1cccc(Cl)c1)N1CCOC(CN2CCCN(C(=O)c3ccco3)CC2)C1. The van der Waals surface area contributed by atoms with Gasteiger partial charge in [-0.1, -0.05) is 17.7 Å². The number of carbonyl (C=O) groups excluding carboxylic acids is 2. The molecule has 1 aromatic carbocycles. The van der Waals surface area contributed by atoms with Gasteiger partial charge >= 0.3 is 6.03 Å². The maximum absolute atomic E-state index is 12.7. The first-order valence-corrected chi connectivity index (χ1v) is 10.9. The second-order valence-electron chi connectivity index (χ2n) is 7.80. The highest BCUT2D eigenvalue weighted by atomic mass is 35.5. The Labute approximate surface area is 186 Å². The smallest absolute Gasteiger partial charge is 0.322 e. The molecule has 2 fully saturated rings. The van der Waals surface area contributed by atoms with E-state index in [0.29, 0.717) is 49.3 Å². The number of halogens is 1. The van der Waals surface area contributed by atoms with Crippen LogP contribution in [0, 0.1) is 0 Å². The third kappa shape index (κ3) is 5.78. The van der Waals surface area contributed by atoms with Crippen LogP contribution in [-0.2, 0) is 4.74 Å². The summed E-state index contributed by atoms with van der Waals surface area (Å²) in [5.41, 5.74) is 0.675. The van der Waals surface area contributed by atoms with Crippen LogP contribution >= 0.6 is 11.6 Å². The molecule has 1 aromatic heterocycles. The molecule has 166 valence electrons. The first-order valence-electron chi connectivity index (χ1n) is 10.6. The number of ether oxygens (including phenoxy) is 1. The van der Waals surface area contributed by atoms with E-state index in [0.717, 1.165) is 26.1 Å². The fourth-order valence-electron chi connectivity index (χ4n) is 3.98. The van der Waals surface area contributed by atoms with Crippen molar-refractivity contribution in [3.8, 4) is 0 Å². The zero-order valence-electron chi connectivity index (χ0n) is 17.3. The first kappa shape index (κ1) is 21.7. The molecule has 31 heavy (non-hydrogen) atoms. The van der Waals surface area contributed by atoms with Crippen molar-refractivity contribution >= 4 is 29.2 Å². The number of nitrogens with zero attached hydrogens (tertiary/aromatic N) is 3. The Hall–Kier alpha value is -2.55. The lowest BCUT2D eigenvalue weighted by atomic mass is 10.2. The van der Waals surface area contributed by atoms with Gasteiger partial charge < -0.3 is 24.3 Å². The van der Waals surface area contributed by atoms with Crippen LogP contribution in [0.2, 0.25) is 5.02 Å². The number of nitrogens with one attached hydrogen (secondary N) is 1. The highest BCUT2D eigenvalue weighted by Gasteiger charge is 2.28. The van der Waals surface area contributed by atoms with Crippen LogP contribution in [0.3, 0.4) is 0 Å². The number of carbonyl (C=O) groups is 2. The van der Waals surface area contributed by atoms with Gasteiger partial charge in [-0.3, -0.25) is 9.69 Å². The van der Waals surface area contributed by atoms with Crippen LogP contribution in [0.4, 0.5) is 10.5 Å². The van der Waals surface area contributed by atoms with Crippen molar-refractivity contribution in [2.24, 2.45) is 0 Å². The van der Waals surface area contributed by atoms with E-state index in [1.54, 1.807) is 35.2 Å². The zero-order chi connectivity index (χ0) is 21.6. The summed E-state index contributed by atoms with van der Waals surface area (Å²) >= 11 is 6.00. The number of hydrogen-bond acceptors (Lipinski definition) is 5. The van der Waals surface area contributed by atoms with Gasteiger partial charge in [0.1, 0.15) is 0 Å². The number of amides is 3. The number of hydrogen-bond donors (Lipinski definition) is 1. The Kier molecular flexibility index (Phi) is 7.11. The maximum Gasteiger partial charge on any atom is 0.322 e. The van der Waals surface area contributed by atoms with E-state index in [4.69, 9.17) is 20.8 Å². The molecule has 2 saturated heterocycles. The zero-order valence-corrected chi connectivity index (χ0v) is 18.1. The van der Waals surface area contributed by atoms with Gasteiger partial charge in [-0.05, 0) is 43.3 Å². The molecule has 2 aromatic rings. The number of rotatable bonds is 4. The predicted octanol–water partition coefficient (Wildman–Crippen LogP) is 3.01. The van der Waals surface area contributed by atoms with Gasteiger partial charge in [0.05, 0.1) is 19.0 Å². The standard InChI is InChI=1S/C22H27ClN4O4/c23-17-4-1-5-18(14-17)24-22(29)27-11-13-30-19(16-27)15-25-7-3-8-26(10-9-25)21(28)20-6-2-12-31-20/h1-2,4-6,12,14,19H,3,7-11,13,15-16H2,(H,24,29). The van der Waals surface area contributed by atoms with Gasteiger partial charge in [0.15, 0.2) is 5.76 Å². The van der Waals surface area contributed by atoms with E-state index in [9.17, 15) is 9.59 Å². The van der Waals surface area contributed by atoms with E-state index >= 15 is 0 Å². The molecule has 1 atom stereocenters. The molecule has 2 aliphatic rings. The molecule has 0 saturated carbocycles. The summed E-state index contributed by atoms with van der Waals surface area (Å²) in [6.07, 6.45) is 2.34. The molecule has 2 aliphatic heterocycles. The monoisotopic (exact) mass is 446 g/mol. The van der Waals surface area contributed by atoms with E-state index < -0.39 is 0 Å². The average Bonchev–Trinajstić information content (AvgIpc) is 3.21. The lowest BCUT2D eigenvalue weighted by Crippen LogP contribution is -2.51. The number of furan rings is 1. The summed E-state index contributed by atoms with van der Waals surface area (Å²) in [5.74, 6) is 0.315. The summed E-state index contributed by atoms with van der Waals surface area (Å²) in [7, 11) is 0. The fourth-order valence-corrected chi connectivity index (χ4v) is 4.17. The van der Waals surface area contributed by atoms with E-state index in [-0.39, 0.29) is 18.0 Å². The second-order valence-corrected chi connectivity index (χ2v) is 8.24. The minimum atomic E-state index is -0.151. The quantitative estimate of drug-likeness (QED) is 0.781. The van der Waals surface area contributed by atoms with Crippen molar-refractivity contribution < 1.29 is 18.7 Å². The minimum Gasteiger partial charge on any atom is -0.459 e. The van der Waals surface area contributed by atoms with Crippen LogP contribution in [0.1, 0.15) is 17.0 Å². The maximum atomic E-state index is 12.7. The summed E-state index contributed by atoms with van der Waals surface area (Å²) in [6.45, 7) is 5.30.